The molecule has 1 N–H and O–H groups in total. The van der Waals surface area contributed by atoms with Crippen LogP contribution in [-0.2, 0) is 4.79 Å². The van der Waals surface area contributed by atoms with Gasteiger partial charge in [-0.05, 0) is 44.9 Å². The number of carbonyl (C=O) groups excluding carboxylic acids is 1. The van der Waals surface area contributed by atoms with Crippen LogP contribution in [0.25, 0.3) is 10.2 Å². The number of hydrogen-bond acceptors (Lipinski definition) is 5. The monoisotopic (exact) mass is 405 g/mol. The Morgan fingerprint density at radius 3 is 2.73 bits per heavy atom. The van der Waals surface area contributed by atoms with Gasteiger partial charge in [-0.25, -0.2) is 9.97 Å². The minimum atomic E-state index is -0.144. The van der Waals surface area contributed by atoms with Crippen molar-refractivity contribution in [2.75, 3.05) is 5.75 Å². The zero-order valence-corrected chi connectivity index (χ0v) is 17.5. The molecule has 0 fully saturated rings. The quantitative estimate of drug-likeness (QED) is 0.465. The molecular weight excluding hydrogens is 386 g/mol. The summed E-state index contributed by atoms with van der Waals surface area (Å²) in [7, 11) is 0. The maximum absolute atomic E-state index is 12.4. The summed E-state index contributed by atoms with van der Waals surface area (Å²) in [4.78, 5) is 23.7. The van der Waals surface area contributed by atoms with Gasteiger partial charge in [-0.1, -0.05) is 41.6 Å². The second-order valence-corrected chi connectivity index (χ2v) is 8.71. The summed E-state index contributed by atoms with van der Waals surface area (Å²) in [5.74, 6) is 0.983. The largest absolute Gasteiger partial charge is 0.349 e. The van der Waals surface area contributed by atoms with E-state index in [1.807, 2.05) is 38.1 Å². The lowest BCUT2D eigenvalue weighted by Gasteiger charge is -2.15. The van der Waals surface area contributed by atoms with Gasteiger partial charge in [0.05, 0.1) is 11.8 Å². The second kappa shape index (κ2) is 7.94. The number of fused-ring (bicyclic) bond motifs is 1. The molecule has 0 saturated carbocycles. The molecular formula is C19H20ClN3OS2. The molecule has 3 aromatic rings. The molecule has 0 aliphatic rings. The van der Waals surface area contributed by atoms with Crippen LogP contribution in [0.4, 0.5) is 0 Å². The first kappa shape index (κ1) is 19.1. The Morgan fingerprint density at radius 2 is 2.00 bits per heavy atom. The third kappa shape index (κ3) is 4.03. The Balaban J connectivity index is 1.72. The predicted octanol–water partition coefficient (Wildman–Crippen LogP) is 5.24. The molecule has 1 aromatic carbocycles. The van der Waals surface area contributed by atoms with Crippen molar-refractivity contribution in [3.63, 3.8) is 0 Å². The van der Waals surface area contributed by atoms with Gasteiger partial charge in [-0.2, -0.15) is 0 Å². The van der Waals surface area contributed by atoms with E-state index in [0.717, 1.165) is 26.6 Å². The summed E-state index contributed by atoms with van der Waals surface area (Å²) in [5.41, 5.74) is 2.11. The van der Waals surface area contributed by atoms with Crippen molar-refractivity contribution in [3.05, 3.63) is 51.1 Å². The van der Waals surface area contributed by atoms with Crippen molar-refractivity contribution in [2.24, 2.45) is 0 Å². The van der Waals surface area contributed by atoms with Crippen molar-refractivity contribution in [3.8, 4) is 0 Å². The zero-order chi connectivity index (χ0) is 18.8. The van der Waals surface area contributed by atoms with E-state index >= 15 is 0 Å². The smallest absolute Gasteiger partial charge is 0.230 e. The number of aromatic nitrogens is 2. The van der Waals surface area contributed by atoms with Gasteiger partial charge < -0.3 is 5.32 Å². The van der Waals surface area contributed by atoms with Crippen molar-refractivity contribution >= 4 is 50.8 Å². The van der Waals surface area contributed by atoms with Crippen molar-refractivity contribution in [1.29, 1.82) is 0 Å². The number of benzene rings is 1. The fraction of sp³-hybridized carbons (Fsp3) is 0.316. The summed E-state index contributed by atoms with van der Waals surface area (Å²) in [5, 5.41) is 5.60. The molecule has 0 bridgehead atoms. The SMILES string of the molecule is Cc1nc(SCC(=O)NC(C)c2ccccc2Cl)c2c(C)c(C)sc2n1. The molecule has 3 rings (SSSR count). The number of amides is 1. The molecule has 7 heteroatoms. The molecule has 4 nitrogen and oxygen atoms in total. The lowest BCUT2D eigenvalue weighted by atomic mass is 10.1. The summed E-state index contributed by atoms with van der Waals surface area (Å²) < 4.78 is 0. The minimum absolute atomic E-state index is 0.0450. The van der Waals surface area contributed by atoms with Crippen molar-refractivity contribution < 1.29 is 4.79 Å². The number of hydrogen-bond donors (Lipinski definition) is 1. The summed E-state index contributed by atoms with van der Waals surface area (Å²) in [6.07, 6.45) is 0. The van der Waals surface area contributed by atoms with Gasteiger partial charge in [-0.15, -0.1) is 11.3 Å². The third-order valence-corrected chi connectivity index (χ3v) is 6.62. The molecule has 0 spiro atoms. The summed E-state index contributed by atoms with van der Waals surface area (Å²) >= 11 is 9.33. The van der Waals surface area contributed by atoms with Crippen molar-refractivity contribution in [2.45, 2.75) is 38.8 Å². The standard InChI is InChI=1S/C19H20ClN3OS2/c1-10-12(3)26-19-17(10)18(22-13(4)23-19)25-9-16(24)21-11(2)14-7-5-6-8-15(14)20/h5-8,11H,9H2,1-4H3,(H,21,24). The minimum Gasteiger partial charge on any atom is -0.349 e. The van der Waals surface area contributed by atoms with E-state index in [1.165, 1.54) is 22.2 Å². The van der Waals surface area contributed by atoms with E-state index in [1.54, 1.807) is 11.3 Å². The van der Waals surface area contributed by atoms with Gasteiger partial charge in [-0.3, -0.25) is 4.79 Å². The first-order valence-electron chi connectivity index (χ1n) is 8.27. The highest BCUT2D eigenvalue weighted by Crippen LogP contribution is 2.35. The molecule has 1 amide bonds. The van der Waals surface area contributed by atoms with E-state index in [2.05, 4.69) is 29.1 Å². The van der Waals surface area contributed by atoms with E-state index in [0.29, 0.717) is 10.8 Å². The highest BCUT2D eigenvalue weighted by molar-refractivity contribution is 8.00. The van der Waals surface area contributed by atoms with E-state index in [-0.39, 0.29) is 11.9 Å². The van der Waals surface area contributed by atoms with Crippen LogP contribution in [0.5, 0.6) is 0 Å². The van der Waals surface area contributed by atoms with Gasteiger partial charge in [0.15, 0.2) is 0 Å². The number of nitrogens with zero attached hydrogens (tertiary/aromatic N) is 2. The molecule has 0 radical (unpaired) electrons. The first-order chi connectivity index (χ1) is 12.4. The van der Waals surface area contributed by atoms with Crippen LogP contribution in [-0.4, -0.2) is 21.6 Å². The number of rotatable bonds is 5. The lowest BCUT2D eigenvalue weighted by molar-refractivity contribution is -0.119. The number of halogens is 1. The van der Waals surface area contributed by atoms with Crippen LogP contribution in [0.15, 0.2) is 29.3 Å². The predicted molar refractivity (Wildman–Crippen MR) is 110 cm³/mol. The highest BCUT2D eigenvalue weighted by atomic mass is 35.5. The average molecular weight is 406 g/mol. The Hall–Kier alpha value is -1.63. The van der Waals surface area contributed by atoms with Crippen LogP contribution >= 0.6 is 34.7 Å². The lowest BCUT2D eigenvalue weighted by Crippen LogP contribution is -2.28. The Bertz CT molecular complexity index is 971. The summed E-state index contributed by atoms with van der Waals surface area (Å²) in [6.45, 7) is 7.98. The topological polar surface area (TPSA) is 54.9 Å². The molecule has 26 heavy (non-hydrogen) atoms. The van der Waals surface area contributed by atoms with Crippen LogP contribution in [0.3, 0.4) is 0 Å². The van der Waals surface area contributed by atoms with E-state index < -0.39 is 0 Å². The van der Waals surface area contributed by atoms with Gasteiger partial charge >= 0.3 is 0 Å². The molecule has 0 saturated heterocycles. The molecule has 1 unspecified atom stereocenters. The van der Waals surface area contributed by atoms with Gasteiger partial charge in [0, 0.05) is 15.3 Å². The molecule has 0 aliphatic carbocycles. The maximum Gasteiger partial charge on any atom is 0.230 e. The van der Waals surface area contributed by atoms with Gasteiger partial charge in [0.2, 0.25) is 5.91 Å². The Labute approximate surface area is 166 Å². The van der Waals surface area contributed by atoms with Crippen LogP contribution in [0, 0.1) is 20.8 Å². The highest BCUT2D eigenvalue weighted by Gasteiger charge is 2.16. The normalized spacial score (nSPS) is 12.3. The van der Waals surface area contributed by atoms with E-state index in [9.17, 15) is 4.79 Å². The third-order valence-electron chi connectivity index (χ3n) is 4.20. The van der Waals surface area contributed by atoms with Gasteiger partial charge in [0.25, 0.3) is 0 Å². The fourth-order valence-electron chi connectivity index (χ4n) is 2.74. The number of nitrogens with one attached hydrogen (secondary N) is 1. The fourth-order valence-corrected chi connectivity index (χ4v) is 5.12. The van der Waals surface area contributed by atoms with Gasteiger partial charge in [0.1, 0.15) is 15.7 Å². The average Bonchev–Trinajstić information content (AvgIpc) is 2.87. The molecule has 1 atom stereocenters. The number of carbonyl (C=O) groups is 1. The molecule has 0 aliphatic heterocycles. The Morgan fingerprint density at radius 1 is 1.27 bits per heavy atom. The zero-order valence-electron chi connectivity index (χ0n) is 15.1. The molecule has 136 valence electrons. The van der Waals surface area contributed by atoms with Crippen LogP contribution < -0.4 is 5.32 Å². The maximum atomic E-state index is 12.4. The van der Waals surface area contributed by atoms with Crippen LogP contribution in [0.1, 0.15) is 34.8 Å². The number of thioether (sulfide) groups is 1. The Kier molecular flexibility index (Phi) is 5.85. The molecule has 2 aromatic heterocycles. The van der Waals surface area contributed by atoms with E-state index in [4.69, 9.17) is 11.6 Å². The molecule has 2 heterocycles. The van der Waals surface area contributed by atoms with Crippen LogP contribution in [0.2, 0.25) is 5.02 Å². The first-order valence-corrected chi connectivity index (χ1v) is 10.5. The summed E-state index contributed by atoms with van der Waals surface area (Å²) in [6, 6.07) is 7.41. The number of aryl methyl sites for hydroxylation is 3. The second-order valence-electron chi connectivity index (χ2n) is 6.14. The number of thiophene rings is 1. The van der Waals surface area contributed by atoms with Crippen molar-refractivity contribution in [1.82, 2.24) is 15.3 Å².